The van der Waals surface area contributed by atoms with E-state index >= 15 is 0 Å². The molecule has 0 aliphatic heterocycles. The molecule has 2 heteroatoms. The predicted molar refractivity (Wildman–Crippen MR) is 172 cm³/mol. The molecule has 0 aromatic rings. The number of hydrogen-bond acceptors (Lipinski definition) is 2. The topological polar surface area (TPSA) is 26.3 Å². The molecule has 2 nitrogen and oxygen atoms in total. The zero-order valence-corrected chi connectivity index (χ0v) is 28.7. The minimum absolute atomic E-state index is 0.0976. The van der Waals surface area contributed by atoms with E-state index in [-0.39, 0.29) is 11.5 Å². The number of allylic oxidation sites excluding steroid dienone is 1. The molecule has 40 heavy (non-hydrogen) atoms. The first-order valence-electron chi connectivity index (χ1n) is 17.5. The fraction of sp³-hybridized carbons (Fsp3) is 0.921. The maximum atomic E-state index is 10.9. The molecular weight excluding hydrogens is 488 g/mol. The molecule has 0 radical (unpaired) electrons. The van der Waals surface area contributed by atoms with E-state index in [0.29, 0.717) is 22.7 Å². The van der Waals surface area contributed by atoms with Crippen molar-refractivity contribution in [3.8, 4) is 0 Å². The Morgan fingerprint density at radius 2 is 1.60 bits per heavy atom. The second-order valence-corrected chi connectivity index (χ2v) is 16.8. The highest BCUT2D eigenvalue weighted by molar-refractivity contribution is 5.38. The normalized spacial score (nSPS) is 40.2. The molecule has 0 amide bonds. The minimum atomic E-state index is 0.0976. The standard InChI is InChI=1S/C30H50O2.C8H18/c1-21(2)9-8-10-22(3)27(4)17-18-28(5)25(27)14-16-30(7)26(28)12-11-23-19-24(32-20-31)13-15-29(23,30)6;1-5-8(4)6-7(2)3/h11,20-22,24-26H,8-10,12-19H2,1-7H3;7-8H,5-6H2,1-4H3/t22-,24?,25-,26+,27-,28-,29+,30+;/m1./s1. The zero-order chi connectivity index (χ0) is 29.9. The summed E-state index contributed by atoms with van der Waals surface area (Å²) in [5, 5.41) is 0. The van der Waals surface area contributed by atoms with Crippen LogP contribution in [0.15, 0.2) is 11.6 Å². The van der Waals surface area contributed by atoms with Gasteiger partial charge in [-0.2, -0.15) is 0 Å². The van der Waals surface area contributed by atoms with Crippen LogP contribution in [0, 0.1) is 57.2 Å². The lowest BCUT2D eigenvalue weighted by molar-refractivity contribution is -0.147. The molecule has 4 aliphatic rings. The van der Waals surface area contributed by atoms with E-state index in [2.05, 4.69) is 82.2 Å². The lowest BCUT2D eigenvalue weighted by Crippen LogP contribution is -2.58. The van der Waals surface area contributed by atoms with Crippen LogP contribution in [-0.2, 0) is 9.53 Å². The SMILES string of the molecule is CC(C)CCC[C@@H](C)[C@@]1(C)CC[C@]2(C)[C@@H]1CC[C@@]1(C)[C@H]2CC=C2CC(OC=O)CC[C@@]21C.CCC(C)CC(C)C. The van der Waals surface area contributed by atoms with Gasteiger partial charge in [0.15, 0.2) is 0 Å². The molecule has 3 saturated carbocycles. The fourth-order valence-electron chi connectivity index (χ4n) is 10.6. The number of fused-ring (bicyclic) bond motifs is 5. The number of rotatable bonds is 10. The lowest BCUT2D eigenvalue weighted by atomic mass is 9.39. The van der Waals surface area contributed by atoms with Crippen molar-refractivity contribution in [2.24, 2.45) is 57.2 Å². The summed E-state index contributed by atoms with van der Waals surface area (Å²) in [6.45, 7) is 27.7. The largest absolute Gasteiger partial charge is 0.464 e. The molecular formula is C38H68O2. The smallest absolute Gasteiger partial charge is 0.293 e. The van der Waals surface area contributed by atoms with E-state index in [0.717, 1.165) is 48.3 Å². The molecule has 0 heterocycles. The third-order valence-electron chi connectivity index (χ3n) is 13.7. The highest BCUT2D eigenvalue weighted by Crippen LogP contribution is 2.75. The van der Waals surface area contributed by atoms with Crippen molar-refractivity contribution in [2.45, 2.75) is 166 Å². The van der Waals surface area contributed by atoms with Gasteiger partial charge in [0.05, 0.1) is 0 Å². The molecule has 0 bridgehead atoms. The Morgan fingerprint density at radius 1 is 0.900 bits per heavy atom. The third kappa shape index (κ3) is 6.41. The van der Waals surface area contributed by atoms with Crippen LogP contribution in [0.5, 0.6) is 0 Å². The van der Waals surface area contributed by atoms with Crippen LogP contribution < -0.4 is 0 Å². The van der Waals surface area contributed by atoms with Crippen molar-refractivity contribution < 1.29 is 9.53 Å². The van der Waals surface area contributed by atoms with Gasteiger partial charge in [0.25, 0.3) is 6.47 Å². The Hall–Kier alpha value is -0.790. The molecule has 0 N–H and O–H groups in total. The van der Waals surface area contributed by atoms with Crippen molar-refractivity contribution in [1.82, 2.24) is 0 Å². The van der Waals surface area contributed by atoms with Crippen LogP contribution in [0.1, 0.15) is 160 Å². The average molecular weight is 557 g/mol. The van der Waals surface area contributed by atoms with Crippen molar-refractivity contribution in [3.63, 3.8) is 0 Å². The lowest BCUT2D eigenvalue weighted by Gasteiger charge is -2.66. The first kappa shape index (κ1) is 33.7. The van der Waals surface area contributed by atoms with Gasteiger partial charge in [-0.15, -0.1) is 0 Å². The van der Waals surface area contributed by atoms with Crippen molar-refractivity contribution in [1.29, 1.82) is 0 Å². The number of hydrogen-bond donors (Lipinski definition) is 0. The molecule has 0 aromatic carbocycles. The van der Waals surface area contributed by atoms with E-state index in [1.807, 2.05) is 0 Å². The summed E-state index contributed by atoms with van der Waals surface area (Å²) in [4.78, 5) is 10.9. The summed E-state index contributed by atoms with van der Waals surface area (Å²) in [5.74, 6) is 5.12. The van der Waals surface area contributed by atoms with Gasteiger partial charge < -0.3 is 4.74 Å². The summed E-state index contributed by atoms with van der Waals surface area (Å²) >= 11 is 0. The first-order chi connectivity index (χ1) is 18.7. The molecule has 0 spiro atoms. The monoisotopic (exact) mass is 557 g/mol. The summed E-state index contributed by atoms with van der Waals surface area (Å²) < 4.78 is 5.41. The number of carbonyl (C=O) groups is 1. The Labute approximate surface area is 250 Å². The van der Waals surface area contributed by atoms with Gasteiger partial charge >= 0.3 is 0 Å². The van der Waals surface area contributed by atoms with Gasteiger partial charge in [0.1, 0.15) is 6.10 Å². The number of ether oxygens (including phenoxy) is 1. The zero-order valence-electron chi connectivity index (χ0n) is 28.7. The fourth-order valence-corrected chi connectivity index (χ4v) is 10.6. The van der Waals surface area contributed by atoms with E-state index in [4.69, 9.17) is 4.74 Å². The predicted octanol–water partition coefficient (Wildman–Crippen LogP) is 11.4. The molecule has 0 aromatic heterocycles. The average Bonchev–Trinajstić information content (AvgIpc) is 3.16. The number of carbonyl (C=O) groups excluding carboxylic acids is 1. The van der Waals surface area contributed by atoms with Crippen LogP contribution in [0.3, 0.4) is 0 Å². The van der Waals surface area contributed by atoms with E-state index < -0.39 is 0 Å². The van der Waals surface area contributed by atoms with Gasteiger partial charge in [-0.25, -0.2) is 0 Å². The van der Waals surface area contributed by atoms with Crippen LogP contribution in [0.4, 0.5) is 0 Å². The highest BCUT2D eigenvalue weighted by atomic mass is 16.5. The Kier molecular flexibility index (Phi) is 11.2. The molecule has 4 rings (SSSR count). The summed E-state index contributed by atoms with van der Waals surface area (Å²) in [6.07, 6.45) is 19.6. The minimum Gasteiger partial charge on any atom is -0.464 e. The van der Waals surface area contributed by atoms with Gasteiger partial charge in [-0.1, -0.05) is 113 Å². The first-order valence-corrected chi connectivity index (χ1v) is 17.5. The Bertz CT molecular complexity index is 858. The highest BCUT2D eigenvalue weighted by Gasteiger charge is 2.67. The van der Waals surface area contributed by atoms with Gasteiger partial charge in [0, 0.05) is 6.42 Å². The van der Waals surface area contributed by atoms with Crippen LogP contribution in [-0.4, -0.2) is 12.6 Å². The maximum Gasteiger partial charge on any atom is 0.293 e. The van der Waals surface area contributed by atoms with E-state index in [1.54, 1.807) is 5.57 Å². The molecule has 4 aliphatic carbocycles. The van der Waals surface area contributed by atoms with Crippen molar-refractivity contribution in [2.75, 3.05) is 0 Å². The van der Waals surface area contributed by atoms with Crippen LogP contribution >= 0.6 is 0 Å². The quantitative estimate of drug-likeness (QED) is 0.197. The van der Waals surface area contributed by atoms with Gasteiger partial charge in [0.2, 0.25) is 0 Å². The van der Waals surface area contributed by atoms with Gasteiger partial charge in [-0.05, 0) is 109 Å². The van der Waals surface area contributed by atoms with Gasteiger partial charge in [-0.3, -0.25) is 4.79 Å². The maximum absolute atomic E-state index is 10.9. The Morgan fingerprint density at radius 3 is 2.17 bits per heavy atom. The van der Waals surface area contributed by atoms with Crippen LogP contribution in [0.25, 0.3) is 0 Å². The molecule has 0 saturated heterocycles. The van der Waals surface area contributed by atoms with E-state index in [9.17, 15) is 4.79 Å². The molecule has 9 atom stereocenters. The third-order valence-corrected chi connectivity index (χ3v) is 13.7. The summed E-state index contributed by atoms with van der Waals surface area (Å²) in [5.41, 5.74) is 3.22. The second kappa shape index (κ2) is 13.2. The molecule has 2 unspecified atom stereocenters. The molecule has 3 fully saturated rings. The van der Waals surface area contributed by atoms with Crippen molar-refractivity contribution >= 4 is 6.47 Å². The molecule has 232 valence electrons. The summed E-state index contributed by atoms with van der Waals surface area (Å²) in [6, 6.07) is 0. The van der Waals surface area contributed by atoms with Crippen molar-refractivity contribution in [3.05, 3.63) is 11.6 Å². The van der Waals surface area contributed by atoms with E-state index in [1.165, 1.54) is 70.6 Å². The van der Waals surface area contributed by atoms with Crippen LogP contribution in [0.2, 0.25) is 0 Å². The Balaban J connectivity index is 0.000000482. The second-order valence-electron chi connectivity index (χ2n) is 16.8. The summed E-state index contributed by atoms with van der Waals surface area (Å²) in [7, 11) is 0.